The van der Waals surface area contributed by atoms with E-state index in [2.05, 4.69) is 6.92 Å². The molecule has 4 aliphatic rings. The van der Waals surface area contributed by atoms with Gasteiger partial charge in [-0.3, -0.25) is 4.79 Å². The zero-order chi connectivity index (χ0) is 15.4. The second-order valence-corrected chi connectivity index (χ2v) is 8.40. The highest BCUT2D eigenvalue weighted by molar-refractivity contribution is 5.78. The smallest absolute Gasteiger partial charge is 0.132 e. The summed E-state index contributed by atoms with van der Waals surface area (Å²) in [5, 5.41) is 0. The molecule has 0 radical (unpaired) electrons. The van der Waals surface area contributed by atoms with Gasteiger partial charge in [-0.15, -0.1) is 0 Å². The van der Waals surface area contributed by atoms with Crippen molar-refractivity contribution < 1.29 is 9.53 Å². The monoisotopic (exact) mass is 306 g/mol. The zero-order valence-electron chi connectivity index (χ0n) is 14.4. The Hall–Kier alpha value is -0.370. The van der Waals surface area contributed by atoms with E-state index in [4.69, 9.17) is 4.74 Å². The summed E-state index contributed by atoms with van der Waals surface area (Å²) in [6.45, 7) is 3.04. The Kier molecular flexibility index (Phi) is 5.60. The third-order valence-corrected chi connectivity index (χ3v) is 6.27. The molecule has 0 aliphatic heterocycles. The van der Waals surface area contributed by atoms with Crippen molar-refractivity contribution in [2.75, 3.05) is 6.61 Å². The van der Waals surface area contributed by atoms with Crippen LogP contribution in [-0.2, 0) is 9.53 Å². The highest BCUT2D eigenvalue weighted by atomic mass is 16.5. The summed E-state index contributed by atoms with van der Waals surface area (Å²) in [7, 11) is 0. The van der Waals surface area contributed by atoms with Gasteiger partial charge < -0.3 is 4.74 Å². The molecule has 4 rings (SSSR count). The van der Waals surface area contributed by atoms with E-state index in [0.717, 1.165) is 50.0 Å². The average Bonchev–Trinajstić information content (AvgIpc) is 2.45. The first-order valence-electron chi connectivity index (χ1n) is 9.85. The molecular formula is C20H34O2. The first kappa shape index (κ1) is 16.5. The van der Waals surface area contributed by atoms with Crippen LogP contribution in [0.15, 0.2) is 0 Å². The summed E-state index contributed by atoms with van der Waals surface area (Å²) in [6.07, 6.45) is 15.8. The second-order valence-electron chi connectivity index (χ2n) is 8.40. The van der Waals surface area contributed by atoms with Crippen LogP contribution in [0.5, 0.6) is 0 Å². The molecule has 0 atom stereocenters. The van der Waals surface area contributed by atoms with Crippen molar-refractivity contribution >= 4 is 5.78 Å². The van der Waals surface area contributed by atoms with E-state index in [0.29, 0.717) is 5.78 Å². The van der Waals surface area contributed by atoms with Crippen molar-refractivity contribution in [3.8, 4) is 0 Å². The summed E-state index contributed by atoms with van der Waals surface area (Å²) < 4.78 is 6.44. The van der Waals surface area contributed by atoms with Gasteiger partial charge in [-0.1, -0.05) is 19.8 Å². The lowest BCUT2D eigenvalue weighted by molar-refractivity contribution is -0.162. The number of Topliss-reactive ketones (excluding diaryl/α,β-unsaturated/α-hetero) is 1. The molecule has 0 unspecified atom stereocenters. The summed E-state index contributed by atoms with van der Waals surface area (Å²) in [4.78, 5) is 11.5. The summed E-state index contributed by atoms with van der Waals surface area (Å²) >= 11 is 0. The Labute approximate surface area is 136 Å². The van der Waals surface area contributed by atoms with Crippen LogP contribution in [0.1, 0.15) is 90.4 Å². The summed E-state index contributed by atoms with van der Waals surface area (Å²) in [5.41, 5.74) is 0.284. The molecule has 2 nitrogen and oxygen atoms in total. The van der Waals surface area contributed by atoms with E-state index in [-0.39, 0.29) is 5.60 Å². The molecule has 4 saturated carbocycles. The van der Waals surface area contributed by atoms with E-state index in [1.807, 2.05) is 0 Å². The van der Waals surface area contributed by atoms with Gasteiger partial charge in [0.15, 0.2) is 0 Å². The van der Waals surface area contributed by atoms with Gasteiger partial charge in [-0.25, -0.2) is 0 Å². The number of ether oxygens (including phenoxy) is 1. The van der Waals surface area contributed by atoms with Crippen LogP contribution in [0.25, 0.3) is 0 Å². The number of carbonyl (C=O) groups excluding carboxylic acids is 1. The Morgan fingerprint density at radius 2 is 1.50 bits per heavy atom. The van der Waals surface area contributed by atoms with Crippen molar-refractivity contribution in [2.45, 2.75) is 96.0 Å². The molecule has 0 heterocycles. The molecule has 4 bridgehead atoms. The van der Waals surface area contributed by atoms with Crippen molar-refractivity contribution in [2.24, 2.45) is 17.8 Å². The second kappa shape index (κ2) is 7.47. The lowest BCUT2D eigenvalue weighted by atomic mass is 9.54. The van der Waals surface area contributed by atoms with Gasteiger partial charge in [0.2, 0.25) is 0 Å². The minimum atomic E-state index is 0.284. The SMILES string of the molecule is CCCC(=O)CCCCCCOC12CC3CC(CC(C3)C1)C2. The predicted octanol–water partition coefficient (Wildman–Crippen LogP) is 5.29. The van der Waals surface area contributed by atoms with Crippen molar-refractivity contribution in [1.29, 1.82) is 0 Å². The third-order valence-electron chi connectivity index (χ3n) is 6.27. The van der Waals surface area contributed by atoms with E-state index in [1.165, 1.54) is 57.8 Å². The molecular weight excluding hydrogens is 272 g/mol. The van der Waals surface area contributed by atoms with Crippen LogP contribution in [0.2, 0.25) is 0 Å². The lowest BCUT2D eigenvalue weighted by Crippen LogP contribution is -2.52. The largest absolute Gasteiger partial charge is 0.375 e. The molecule has 0 amide bonds. The fourth-order valence-electron chi connectivity index (χ4n) is 5.68. The normalized spacial score (nSPS) is 36.0. The molecule has 0 N–H and O–H groups in total. The number of ketones is 1. The van der Waals surface area contributed by atoms with E-state index < -0.39 is 0 Å². The minimum absolute atomic E-state index is 0.284. The number of carbonyl (C=O) groups is 1. The van der Waals surface area contributed by atoms with Crippen LogP contribution < -0.4 is 0 Å². The Morgan fingerprint density at radius 1 is 0.909 bits per heavy atom. The highest BCUT2D eigenvalue weighted by Crippen LogP contribution is 2.57. The molecule has 4 aliphatic carbocycles. The lowest BCUT2D eigenvalue weighted by Gasteiger charge is -2.56. The van der Waals surface area contributed by atoms with Crippen LogP contribution >= 0.6 is 0 Å². The average molecular weight is 306 g/mol. The molecule has 4 fully saturated rings. The van der Waals surface area contributed by atoms with Gasteiger partial charge in [0.05, 0.1) is 5.60 Å². The third kappa shape index (κ3) is 4.13. The molecule has 0 aromatic rings. The Bertz CT molecular complexity index is 339. The summed E-state index contributed by atoms with van der Waals surface area (Å²) in [6, 6.07) is 0. The van der Waals surface area contributed by atoms with Crippen molar-refractivity contribution in [3.63, 3.8) is 0 Å². The molecule has 22 heavy (non-hydrogen) atoms. The van der Waals surface area contributed by atoms with E-state index >= 15 is 0 Å². The van der Waals surface area contributed by atoms with Crippen LogP contribution in [-0.4, -0.2) is 18.0 Å². The maximum absolute atomic E-state index is 11.5. The number of hydrogen-bond donors (Lipinski definition) is 0. The molecule has 0 saturated heterocycles. The van der Waals surface area contributed by atoms with Gasteiger partial charge >= 0.3 is 0 Å². The predicted molar refractivity (Wildman–Crippen MR) is 89.9 cm³/mol. The van der Waals surface area contributed by atoms with Gasteiger partial charge in [0.1, 0.15) is 5.78 Å². The molecule has 0 aromatic carbocycles. The number of unbranched alkanes of at least 4 members (excludes halogenated alkanes) is 3. The molecule has 0 aromatic heterocycles. The Morgan fingerprint density at radius 3 is 2.09 bits per heavy atom. The van der Waals surface area contributed by atoms with Gasteiger partial charge in [-0.2, -0.15) is 0 Å². The van der Waals surface area contributed by atoms with Crippen LogP contribution in [0.4, 0.5) is 0 Å². The molecule has 126 valence electrons. The van der Waals surface area contributed by atoms with E-state index in [9.17, 15) is 4.79 Å². The number of hydrogen-bond acceptors (Lipinski definition) is 2. The fraction of sp³-hybridized carbons (Fsp3) is 0.950. The van der Waals surface area contributed by atoms with Crippen LogP contribution in [0.3, 0.4) is 0 Å². The minimum Gasteiger partial charge on any atom is -0.375 e. The van der Waals surface area contributed by atoms with Crippen LogP contribution in [0, 0.1) is 17.8 Å². The van der Waals surface area contributed by atoms with E-state index in [1.54, 1.807) is 0 Å². The number of rotatable bonds is 10. The summed E-state index contributed by atoms with van der Waals surface area (Å²) in [5.74, 6) is 3.40. The topological polar surface area (TPSA) is 26.3 Å². The fourth-order valence-corrected chi connectivity index (χ4v) is 5.68. The molecule has 2 heteroatoms. The van der Waals surface area contributed by atoms with Crippen molar-refractivity contribution in [3.05, 3.63) is 0 Å². The molecule has 0 spiro atoms. The Balaban J connectivity index is 1.27. The van der Waals surface area contributed by atoms with Gasteiger partial charge in [0.25, 0.3) is 0 Å². The highest BCUT2D eigenvalue weighted by Gasteiger charge is 2.51. The quantitative estimate of drug-likeness (QED) is 0.512. The maximum Gasteiger partial charge on any atom is 0.132 e. The maximum atomic E-state index is 11.5. The standard InChI is InChI=1S/C20H34O2/c1-2-7-19(21)8-5-3-4-6-9-22-20-13-16-10-17(14-20)12-18(11-16)15-20/h16-18H,2-15H2,1H3. The van der Waals surface area contributed by atoms with Crippen molar-refractivity contribution in [1.82, 2.24) is 0 Å². The van der Waals surface area contributed by atoms with Gasteiger partial charge in [-0.05, 0) is 75.5 Å². The zero-order valence-corrected chi connectivity index (χ0v) is 14.4. The first-order valence-corrected chi connectivity index (χ1v) is 9.85. The van der Waals surface area contributed by atoms with Gasteiger partial charge in [0, 0.05) is 19.4 Å². The first-order chi connectivity index (χ1) is 10.7.